The first kappa shape index (κ1) is 13.2. The van der Waals surface area contributed by atoms with Crippen LogP contribution < -0.4 is 9.47 Å². The number of aromatic carboxylic acids is 1. The molecule has 1 aromatic carbocycles. The Morgan fingerprint density at radius 3 is 2.47 bits per heavy atom. The van der Waals surface area contributed by atoms with Crippen LogP contribution in [0, 0.1) is 0 Å². The predicted molar refractivity (Wildman–Crippen MR) is 69.3 cm³/mol. The van der Waals surface area contributed by atoms with E-state index in [0.29, 0.717) is 11.5 Å². The van der Waals surface area contributed by atoms with Crippen molar-refractivity contribution in [1.82, 2.24) is 4.98 Å². The largest absolute Gasteiger partial charge is 0.497 e. The quantitative estimate of drug-likeness (QED) is 0.870. The third-order valence-corrected chi connectivity index (χ3v) is 2.56. The van der Waals surface area contributed by atoms with Crippen molar-refractivity contribution >= 4 is 17.6 Å². The zero-order chi connectivity index (χ0) is 13.8. The van der Waals surface area contributed by atoms with Crippen molar-refractivity contribution in [1.29, 1.82) is 0 Å². The lowest BCUT2D eigenvalue weighted by Crippen LogP contribution is -2.01. The van der Waals surface area contributed by atoms with Crippen molar-refractivity contribution < 1.29 is 19.4 Å². The summed E-state index contributed by atoms with van der Waals surface area (Å²) in [6.45, 7) is 0. The lowest BCUT2D eigenvalue weighted by atomic mass is 10.2. The van der Waals surface area contributed by atoms with Gasteiger partial charge in [0.1, 0.15) is 22.2 Å². The number of carboxylic acids is 1. The highest BCUT2D eigenvalue weighted by Crippen LogP contribution is 2.27. The fourth-order valence-electron chi connectivity index (χ4n) is 1.44. The summed E-state index contributed by atoms with van der Waals surface area (Å²) in [6.07, 6.45) is 1.27. The predicted octanol–water partition coefficient (Wildman–Crippen LogP) is 3.23. The molecule has 0 atom stereocenters. The van der Waals surface area contributed by atoms with Crippen LogP contribution in [0.25, 0.3) is 0 Å². The van der Waals surface area contributed by atoms with E-state index in [2.05, 4.69) is 4.98 Å². The normalized spacial score (nSPS) is 10.0. The Kier molecular flexibility index (Phi) is 3.87. The summed E-state index contributed by atoms with van der Waals surface area (Å²) >= 11 is 5.66. The van der Waals surface area contributed by atoms with Gasteiger partial charge in [0, 0.05) is 0 Å². The molecule has 5 nitrogen and oxygen atoms in total. The van der Waals surface area contributed by atoms with Gasteiger partial charge in [0.15, 0.2) is 5.75 Å². The van der Waals surface area contributed by atoms with Crippen LogP contribution in [0.1, 0.15) is 10.4 Å². The van der Waals surface area contributed by atoms with Gasteiger partial charge in [-0.05, 0) is 30.3 Å². The number of halogens is 1. The summed E-state index contributed by atoms with van der Waals surface area (Å²) in [7, 11) is 1.56. The molecule has 0 saturated carbocycles. The van der Waals surface area contributed by atoms with E-state index in [-0.39, 0.29) is 16.5 Å². The molecule has 19 heavy (non-hydrogen) atoms. The van der Waals surface area contributed by atoms with E-state index in [0.717, 1.165) is 0 Å². The number of nitrogens with zero attached hydrogens (tertiary/aromatic N) is 1. The molecule has 2 aromatic rings. The number of hydrogen-bond donors (Lipinski definition) is 1. The van der Waals surface area contributed by atoms with Crippen molar-refractivity contribution in [3.05, 3.63) is 47.2 Å². The number of hydrogen-bond acceptors (Lipinski definition) is 4. The molecule has 0 aliphatic heterocycles. The second-order valence-electron chi connectivity index (χ2n) is 3.59. The van der Waals surface area contributed by atoms with Crippen molar-refractivity contribution in [2.24, 2.45) is 0 Å². The highest BCUT2D eigenvalue weighted by molar-refractivity contribution is 6.29. The van der Waals surface area contributed by atoms with Gasteiger partial charge >= 0.3 is 5.97 Å². The molecule has 0 spiro atoms. The minimum atomic E-state index is -1.13. The van der Waals surface area contributed by atoms with Crippen LogP contribution in [0.2, 0.25) is 5.15 Å². The van der Waals surface area contributed by atoms with Crippen LogP contribution in [0.4, 0.5) is 0 Å². The van der Waals surface area contributed by atoms with Crippen LogP contribution in [0.3, 0.4) is 0 Å². The summed E-state index contributed by atoms with van der Waals surface area (Å²) in [5, 5.41) is 9.16. The van der Waals surface area contributed by atoms with Crippen molar-refractivity contribution in [3.63, 3.8) is 0 Å². The first-order valence-electron chi connectivity index (χ1n) is 5.31. The number of rotatable bonds is 4. The molecule has 1 N–H and O–H groups in total. The van der Waals surface area contributed by atoms with E-state index < -0.39 is 5.97 Å². The molecule has 0 amide bonds. The Hall–Kier alpha value is -2.27. The first-order valence-corrected chi connectivity index (χ1v) is 5.68. The maximum absolute atomic E-state index is 11.1. The summed E-state index contributed by atoms with van der Waals surface area (Å²) in [5.74, 6) is 0.155. The number of methoxy groups -OCH3 is 1. The number of ether oxygens (including phenoxy) is 2. The molecule has 2 rings (SSSR count). The monoisotopic (exact) mass is 279 g/mol. The fourth-order valence-corrected chi connectivity index (χ4v) is 1.59. The SMILES string of the molecule is COc1ccc(Oc2cnc(Cl)cc2C(=O)O)cc1. The molecule has 0 saturated heterocycles. The van der Waals surface area contributed by atoms with Gasteiger partial charge in [0.2, 0.25) is 0 Å². The summed E-state index contributed by atoms with van der Waals surface area (Å²) < 4.78 is 10.5. The Bertz CT molecular complexity index is 598. The smallest absolute Gasteiger partial charge is 0.339 e. The zero-order valence-corrected chi connectivity index (χ0v) is 10.7. The lowest BCUT2D eigenvalue weighted by Gasteiger charge is -2.09. The van der Waals surface area contributed by atoms with Crippen LogP contribution in [0.15, 0.2) is 36.5 Å². The van der Waals surface area contributed by atoms with Crippen LogP contribution in [-0.2, 0) is 0 Å². The summed E-state index contributed by atoms with van der Waals surface area (Å²) in [5.41, 5.74) is -0.0455. The number of benzene rings is 1. The fraction of sp³-hybridized carbons (Fsp3) is 0.0769. The maximum atomic E-state index is 11.1. The number of carbonyl (C=O) groups is 1. The molecule has 6 heteroatoms. The van der Waals surface area contributed by atoms with Gasteiger partial charge in [-0.2, -0.15) is 0 Å². The molecule has 0 radical (unpaired) electrons. The summed E-state index contributed by atoms with van der Waals surface area (Å²) in [4.78, 5) is 14.9. The van der Waals surface area contributed by atoms with E-state index in [9.17, 15) is 4.79 Å². The van der Waals surface area contributed by atoms with Gasteiger partial charge < -0.3 is 14.6 Å². The average Bonchev–Trinajstić information content (AvgIpc) is 2.41. The molecular weight excluding hydrogens is 270 g/mol. The highest BCUT2D eigenvalue weighted by atomic mass is 35.5. The molecule has 1 heterocycles. The second-order valence-corrected chi connectivity index (χ2v) is 3.97. The van der Waals surface area contributed by atoms with Gasteiger partial charge in [-0.3, -0.25) is 0 Å². The number of carboxylic acid groups (broad SMARTS) is 1. The number of aromatic nitrogens is 1. The van der Waals surface area contributed by atoms with Gasteiger partial charge in [-0.15, -0.1) is 0 Å². The molecule has 0 fully saturated rings. The van der Waals surface area contributed by atoms with Gasteiger partial charge in [0.25, 0.3) is 0 Å². The highest BCUT2D eigenvalue weighted by Gasteiger charge is 2.13. The molecular formula is C13H10ClNO4. The summed E-state index contributed by atoms with van der Waals surface area (Å²) in [6, 6.07) is 7.99. The van der Waals surface area contributed by atoms with Gasteiger partial charge in [-0.25, -0.2) is 9.78 Å². The standard InChI is InChI=1S/C13H10ClNO4/c1-18-8-2-4-9(5-3-8)19-11-7-15-12(14)6-10(11)13(16)17/h2-7H,1H3,(H,16,17). The van der Waals surface area contributed by atoms with Gasteiger partial charge in [0.05, 0.1) is 13.3 Å². The van der Waals surface area contributed by atoms with E-state index in [1.807, 2.05) is 0 Å². The van der Waals surface area contributed by atoms with E-state index >= 15 is 0 Å². The maximum Gasteiger partial charge on any atom is 0.339 e. The number of pyridine rings is 1. The lowest BCUT2D eigenvalue weighted by molar-refractivity contribution is 0.0694. The molecule has 0 aliphatic carbocycles. The van der Waals surface area contributed by atoms with Crippen LogP contribution in [-0.4, -0.2) is 23.2 Å². The second kappa shape index (κ2) is 5.58. The minimum absolute atomic E-state index is 0.0455. The average molecular weight is 280 g/mol. The Labute approximate surface area is 114 Å². The third-order valence-electron chi connectivity index (χ3n) is 2.35. The first-order chi connectivity index (χ1) is 9.10. The Morgan fingerprint density at radius 2 is 1.89 bits per heavy atom. The molecule has 0 aliphatic rings. The van der Waals surface area contributed by atoms with Crippen LogP contribution in [0.5, 0.6) is 17.2 Å². The van der Waals surface area contributed by atoms with E-state index in [1.165, 1.54) is 12.3 Å². The van der Waals surface area contributed by atoms with E-state index in [4.69, 9.17) is 26.2 Å². The van der Waals surface area contributed by atoms with Crippen molar-refractivity contribution in [2.75, 3.05) is 7.11 Å². The third kappa shape index (κ3) is 3.14. The van der Waals surface area contributed by atoms with Gasteiger partial charge in [-0.1, -0.05) is 11.6 Å². The molecule has 98 valence electrons. The topological polar surface area (TPSA) is 68.7 Å². The molecule has 1 aromatic heterocycles. The Balaban J connectivity index is 2.29. The van der Waals surface area contributed by atoms with Crippen LogP contribution >= 0.6 is 11.6 Å². The Morgan fingerprint density at radius 1 is 1.26 bits per heavy atom. The zero-order valence-electron chi connectivity index (χ0n) is 9.96. The minimum Gasteiger partial charge on any atom is -0.497 e. The van der Waals surface area contributed by atoms with Crippen molar-refractivity contribution in [3.8, 4) is 17.2 Å². The molecule has 0 bridgehead atoms. The van der Waals surface area contributed by atoms with E-state index in [1.54, 1.807) is 31.4 Å². The van der Waals surface area contributed by atoms with Crippen molar-refractivity contribution in [2.45, 2.75) is 0 Å². The molecule has 0 unspecified atom stereocenters.